The molecule has 12 heavy (non-hydrogen) atoms. The summed E-state index contributed by atoms with van der Waals surface area (Å²) in [4.78, 5) is 10.6. The van der Waals surface area contributed by atoms with Gasteiger partial charge < -0.3 is 9.47 Å². The lowest BCUT2D eigenvalue weighted by atomic mass is 10.4. The summed E-state index contributed by atoms with van der Waals surface area (Å²) in [5, 5.41) is 0. The second kappa shape index (κ2) is 8.53. The van der Waals surface area contributed by atoms with Gasteiger partial charge in [0.15, 0.2) is 0 Å². The fourth-order valence-electron chi connectivity index (χ4n) is 0.633. The van der Waals surface area contributed by atoms with Crippen LogP contribution in [0.4, 0.5) is 0 Å². The minimum absolute atomic E-state index is 0.283. The molecular weight excluding hydrogens is 156 g/mol. The maximum atomic E-state index is 10.6. The Kier molecular flexibility index (Phi) is 8.12. The molecule has 0 aliphatic carbocycles. The SMILES string of the molecule is C[CH]C(=O)OCCOCCCC. The van der Waals surface area contributed by atoms with Crippen LogP contribution in [-0.4, -0.2) is 25.8 Å². The molecule has 0 aromatic heterocycles. The molecule has 0 fully saturated rings. The molecule has 0 unspecified atom stereocenters. The van der Waals surface area contributed by atoms with Crippen LogP contribution in [0.1, 0.15) is 26.7 Å². The molecule has 0 bridgehead atoms. The van der Waals surface area contributed by atoms with E-state index in [0.717, 1.165) is 19.4 Å². The molecule has 0 aromatic rings. The molecule has 1 radical (unpaired) electrons. The van der Waals surface area contributed by atoms with Crippen molar-refractivity contribution in [1.29, 1.82) is 0 Å². The van der Waals surface area contributed by atoms with Crippen LogP contribution in [0, 0.1) is 6.42 Å². The van der Waals surface area contributed by atoms with Crippen LogP contribution in [0.25, 0.3) is 0 Å². The quantitative estimate of drug-likeness (QED) is 0.433. The molecule has 0 N–H and O–H groups in total. The Hall–Kier alpha value is -0.570. The van der Waals surface area contributed by atoms with E-state index in [9.17, 15) is 4.79 Å². The Balaban J connectivity index is 2.95. The molecule has 3 nitrogen and oxygen atoms in total. The van der Waals surface area contributed by atoms with Gasteiger partial charge in [0.25, 0.3) is 0 Å². The number of unbranched alkanes of at least 4 members (excludes halogenated alkanes) is 1. The molecule has 0 aromatic carbocycles. The summed E-state index contributed by atoms with van der Waals surface area (Å²) in [6, 6.07) is 0. The van der Waals surface area contributed by atoms with Crippen LogP contribution < -0.4 is 0 Å². The molecule has 0 aliphatic rings. The van der Waals surface area contributed by atoms with Crippen LogP contribution in [0.2, 0.25) is 0 Å². The van der Waals surface area contributed by atoms with Gasteiger partial charge in [0, 0.05) is 6.61 Å². The largest absolute Gasteiger partial charge is 0.463 e. The van der Waals surface area contributed by atoms with Crippen molar-refractivity contribution in [3.8, 4) is 0 Å². The van der Waals surface area contributed by atoms with Crippen LogP contribution in [0.5, 0.6) is 0 Å². The number of hydrogen-bond acceptors (Lipinski definition) is 3. The Labute approximate surface area is 74.0 Å². The number of ether oxygens (including phenoxy) is 2. The Bertz CT molecular complexity index is 112. The van der Waals surface area contributed by atoms with Crippen molar-refractivity contribution in [2.45, 2.75) is 26.7 Å². The highest BCUT2D eigenvalue weighted by atomic mass is 16.6. The topological polar surface area (TPSA) is 35.5 Å². The zero-order valence-corrected chi connectivity index (χ0v) is 7.84. The van der Waals surface area contributed by atoms with Gasteiger partial charge in [-0.1, -0.05) is 20.3 Å². The smallest absolute Gasteiger partial charge is 0.309 e. The first kappa shape index (κ1) is 11.4. The van der Waals surface area contributed by atoms with Gasteiger partial charge in [0.2, 0.25) is 0 Å². The van der Waals surface area contributed by atoms with E-state index in [-0.39, 0.29) is 5.97 Å². The number of hydrogen-bond donors (Lipinski definition) is 0. The summed E-state index contributed by atoms with van der Waals surface area (Å²) in [5.41, 5.74) is 0. The zero-order valence-electron chi connectivity index (χ0n) is 7.84. The van der Waals surface area contributed by atoms with Crippen molar-refractivity contribution in [3.63, 3.8) is 0 Å². The predicted octanol–water partition coefficient (Wildman–Crippen LogP) is 1.57. The fourth-order valence-corrected chi connectivity index (χ4v) is 0.633. The molecular formula is C9H17O3. The minimum atomic E-state index is -0.283. The van der Waals surface area contributed by atoms with Gasteiger partial charge in [-0.05, 0) is 6.42 Å². The van der Waals surface area contributed by atoms with Gasteiger partial charge in [-0.2, -0.15) is 0 Å². The van der Waals surface area contributed by atoms with Crippen LogP contribution in [0.3, 0.4) is 0 Å². The maximum Gasteiger partial charge on any atom is 0.309 e. The van der Waals surface area contributed by atoms with Crippen molar-refractivity contribution >= 4 is 5.97 Å². The average Bonchev–Trinajstić information content (AvgIpc) is 2.10. The number of carbonyl (C=O) groups excluding carboxylic acids is 1. The number of carbonyl (C=O) groups is 1. The second-order valence-electron chi connectivity index (χ2n) is 2.42. The van der Waals surface area contributed by atoms with Gasteiger partial charge in [0.1, 0.15) is 6.61 Å². The van der Waals surface area contributed by atoms with Gasteiger partial charge in [-0.15, -0.1) is 0 Å². The van der Waals surface area contributed by atoms with E-state index in [0.29, 0.717) is 13.2 Å². The first-order valence-corrected chi connectivity index (χ1v) is 4.35. The lowest BCUT2D eigenvalue weighted by Crippen LogP contribution is -2.10. The molecule has 0 amide bonds. The van der Waals surface area contributed by atoms with Crippen LogP contribution >= 0.6 is 0 Å². The lowest BCUT2D eigenvalue weighted by Gasteiger charge is -2.03. The highest BCUT2D eigenvalue weighted by molar-refractivity contribution is 5.78. The number of rotatable bonds is 7. The van der Waals surface area contributed by atoms with Crippen LogP contribution in [0.15, 0.2) is 0 Å². The monoisotopic (exact) mass is 173 g/mol. The average molecular weight is 173 g/mol. The molecule has 0 saturated heterocycles. The van der Waals surface area contributed by atoms with E-state index >= 15 is 0 Å². The lowest BCUT2D eigenvalue weighted by molar-refractivity contribution is -0.140. The summed E-state index contributed by atoms with van der Waals surface area (Å²) >= 11 is 0. The predicted molar refractivity (Wildman–Crippen MR) is 46.7 cm³/mol. The first-order chi connectivity index (χ1) is 5.81. The summed E-state index contributed by atoms with van der Waals surface area (Å²) < 4.78 is 9.93. The van der Waals surface area contributed by atoms with Crippen molar-refractivity contribution in [2.75, 3.05) is 19.8 Å². The first-order valence-electron chi connectivity index (χ1n) is 4.35. The molecule has 0 rings (SSSR count). The Morgan fingerprint density at radius 2 is 2.08 bits per heavy atom. The summed E-state index contributed by atoms with van der Waals surface area (Å²) in [5.74, 6) is -0.283. The van der Waals surface area contributed by atoms with Crippen molar-refractivity contribution in [2.24, 2.45) is 0 Å². The van der Waals surface area contributed by atoms with Gasteiger partial charge in [-0.3, -0.25) is 4.79 Å². The molecule has 0 heterocycles. The molecule has 0 atom stereocenters. The van der Waals surface area contributed by atoms with Gasteiger partial charge in [0.05, 0.1) is 13.0 Å². The normalized spacial score (nSPS) is 9.83. The van der Waals surface area contributed by atoms with E-state index in [1.54, 1.807) is 6.92 Å². The van der Waals surface area contributed by atoms with E-state index < -0.39 is 0 Å². The van der Waals surface area contributed by atoms with Crippen molar-refractivity contribution in [1.82, 2.24) is 0 Å². The Morgan fingerprint density at radius 1 is 1.33 bits per heavy atom. The summed E-state index contributed by atoms with van der Waals surface area (Å²) in [6.07, 6.45) is 3.59. The highest BCUT2D eigenvalue weighted by Crippen LogP contribution is 1.88. The minimum Gasteiger partial charge on any atom is -0.463 e. The Morgan fingerprint density at radius 3 is 2.67 bits per heavy atom. The third-order valence-electron chi connectivity index (χ3n) is 1.35. The zero-order chi connectivity index (χ0) is 9.23. The van der Waals surface area contributed by atoms with Gasteiger partial charge in [-0.25, -0.2) is 0 Å². The van der Waals surface area contributed by atoms with E-state index in [1.807, 2.05) is 0 Å². The molecule has 0 aliphatic heterocycles. The molecule has 0 spiro atoms. The third-order valence-corrected chi connectivity index (χ3v) is 1.35. The second-order valence-corrected chi connectivity index (χ2v) is 2.42. The van der Waals surface area contributed by atoms with Crippen LogP contribution in [-0.2, 0) is 14.3 Å². The van der Waals surface area contributed by atoms with Gasteiger partial charge >= 0.3 is 5.97 Å². The molecule has 0 saturated carbocycles. The van der Waals surface area contributed by atoms with E-state index in [1.165, 1.54) is 6.42 Å². The highest BCUT2D eigenvalue weighted by Gasteiger charge is 1.96. The van der Waals surface area contributed by atoms with E-state index in [4.69, 9.17) is 9.47 Å². The molecule has 3 heteroatoms. The standard InChI is InChI=1S/C9H17O3/c1-3-5-6-11-7-8-12-9(10)4-2/h4H,3,5-8H2,1-2H3. The number of esters is 1. The maximum absolute atomic E-state index is 10.6. The molecule has 71 valence electrons. The summed E-state index contributed by atoms with van der Waals surface area (Å²) in [6.45, 7) is 5.37. The summed E-state index contributed by atoms with van der Waals surface area (Å²) in [7, 11) is 0. The van der Waals surface area contributed by atoms with Crippen molar-refractivity contribution < 1.29 is 14.3 Å². The third kappa shape index (κ3) is 7.54. The fraction of sp³-hybridized carbons (Fsp3) is 0.778. The van der Waals surface area contributed by atoms with E-state index in [2.05, 4.69) is 6.92 Å². The van der Waals surface area contributed by atoms with Crippen molar-refractivity contribution in [3.05, 3.63) is 6.42 Å².